The summed E-state index contributed by atoms with van der Waals surface area (Å²) in [7, 11) is 0. The Morgan fingerprint density at radius 2 is 1.78 bits per heavy atom. The molecule has 0 saturated heterocycles. The number of aromatic hydroxyl groups is 2. The van der Waals surface area contributed by atoms with Crippen molar-refractivity contribution < 1.29 is 10.2 Å². The minimum absolute atomic E-state index is 0.154. The van der Waals surface area contributed by atoms with Crippen LogP contribution in [0.15, 0.2) is 72.8 Å². The van der Waals surface area contributed by atoms with Gasteiger partial charge in [-0.3, -0.25) is 4.57 Å². The van der Waals surface area contributed by atoms with E-state index in [4.69, 9.17) is 12.2 Å². The second-order valence-electron chi connectivity index (χ2n) is 8.33. The van der Waals surface area contributed by atoms with Gasteiger partial charge < -0.3 is 19.8 Å². The van der Waals surface area contributed by atoms with E-state index in [0.717, 1.165) is 44.7 Å². The van der Waals surface area contributed by atoms with Gasteiger partial charge in [-0.2, -0.15) is 0 Å². The van der Waals surface area contributed by atoms with Crippen LogP contribution in [-0.2, 0) is 6.42 Å². The van der Waals surface area contributed by atoms with Gasteiger partial charge in [-0.1, -0.05) is 42.5 Å². The predicted octanol–water partition coefficient (Wildman–Crippen LogP) is 5.75. The van der Waals surface area contributed by atoms with Crippen LogP contribution in [0.25, 0.3) is 16.6 Å². The van der Waals surface area contributed by atoms with Crippen LogP contribution < -0.4 is 0 Å². The molecule has 0 radical (unpaired) electrons. The molecule has 1 unspecified atom stereocenters. The molecular weight excluding hydrogens is 418 g/mol. The summed E-state index contributed by atoms with van der Waals surface area (Å²) in [5.41, 5.74) is 6.80. The Morgan fingerprint density at radius 1 is 0.969 bits per heavy atom. The zero-order valence-corrected chi connectivity index (χ0v) is 18.2. The van der Waals surface area contributed by atoms with Crippen molar-refractivity contribution in [1.82, 2.24) is 14.1 Å². The Bertz CT molecular complexity index is 1570. The number of nitrogens with zero attached hydrogens (tertiary/aromatic N) is 2. The number of rotatable bonds is 2. The first kappa shape index (κ1) is 19.0. The molecule has 32 heavy (non-hydrogen) atoms. The van der Waals surface area contributed by atoms with Crippen LogP contribution in [0.4, 0.5) is 0 Å². The van der Waals surface area contributed by atoms with Crippen molar-refractivity contribution >= 4 is 23.1 Å². The number of hydrogen-bond acceptors (Lipinski definition) is 3. The van der Waals surface area contributed by atoms with E-state index in [2.05, 4.69) is 17.1 Å². The van der Waals surface area contributed by atoms with Gasteiger partial charge in [0.25, 0.3) is 0 Å². The number of fused-ring (bicyclic) bond motifs is 4. The first-order chi connectivity index (χ1) is 15.5. The summed E-state index contributed by atoms with van der Waals surface area (Å²) in [5, 5.41) is 22.7. The average Bonchev–Trinajstić information content (AvgIpc) is 3.27. The second-order valence-corrected chi connectivity index (χ2v) is 8.70. The summed E-state index contributed by atoms with van der Waals surface area (Å²) in [6.45, 7) is 2.02. The molecule has 2 aromatic heterocycles. The Labute approximate surface area is 189 Å². The number of H-pyrrole nitrogens is 1. The summed E-state index contributed by atoms with van der Waals surface area (Å²) in [4.78, 5) is 3.59. The molecule has 158 valence electrons. The third-order valence-electron chi connectivity index (χ3n) is 6.33. The van der Waals surface area contributed by atoms with Crippen LogP contribution in [0.3, 0.4) is 0 Å². The fourth-order valence-corrected chi connectivity index (χ4v) is 5.34. The van der Waals surface area contributed by atoms with Gasteiger partial charge in [-0.15, -0.1) is 0 Å². The lowest BCUT2D eigenvalue weighted by atomic mass is 9.93. The molecule has 0 saturated carbocycles. The zero-order valence-electron chi connectivity index (χ0n) is 17.4. The summed E-state index contributed by atoms with van der Waals surface area (Å²) >= 11 is 5.93. The number of benzene rings is 3. The number of phenolic OH excluding ortho intramolecular Hbond substituents is 1. The van der Waals surface area contributed by atoms with Crippen molar-refractivity contribution in [3.63, 3.8) is 0 Å². The molecular formula is C26H21N3O2S. The molecule has 5 nitrogen and oxygen atoms in total. The molecule has 0 fully saturated rings. The Balaban J connectivity index is 1.68. The fraction of sp³-hybridized carbons (Fsp3) is 0.115. The summed E-state index contributed by atoms with van der Waals surface area (Å²) in [6.07, 6.45) is 0.558. The highest BCUT2D eigenvalue weighted by Gasteiger charge is 2.34. The largest absolute Gasteiger partial charge is 0.508 e. The molecule has 1 aliphatic rings. The van der Waals surface area contributed by atoms with Crippen LogP contribution in [-0.4, -0.2) is 24.3 Å². The van der Waals surface area contributed by atoms with Crippen molar-refractivity contribution in [3.05, 3.63) is 106 Å². The molecule has 3 heterocycles. The van der Waals surface area contributed by atoms with Gasteiger partial charge in [0.05, 0.1) is 11.4 Å². The van der Waals surface area contributed by atoms with Crippen LogP contribution in [0, 0.1) is 11.7 Å². The lowest BCUT2D eigenvalue weighted by molar-refractivity contribution is 0.433. The number of aryl methyl sites for hydroxylation is 1. The summed E-state index contributed by atoms with van der Waals surface area (Å²) in [6, 6.07) is 23.1. The maximum Gasteiger partial charge on any atom is 0.218 e. The minimum Gasteiger partial charge on any atom is -0.508 e. The average molecular weight is 440 g/mol. The summed E-state index contributed by atoms with van der Waals surface area (Å²) < 4.78 is 4.27. The standard InChI is InChI=1S/C26H21N3O2S/c1-15-6-4-8-17(12-15)28-25(31)22-14-20-19-10-2-3-11-21(19)27-23(20)24(29(22)26(28)32)16-7-5-9-18(30)13-16/h2-13,24,27,30-31H,14H2,1H3. The Kier molecular flexibility index (Phi) is 4.07. The van der Waals surface area contributed by atoms with Gasteiger partial charge >= 0.3 is 0 Å². The Morgan fingerprint density at radius 3 is 2.59 bits per heavy atom. The zero-order chi connectivity index (χ0) is 22.0. The highest BCUT2D eigenvalue weighted by Crippen LogP contribution is 2.43. The quantitative estimate of drug-likeness (QED) is 0.301. The summed E-state index contributed by atoms with van der Waals surface area (Å²) in [5.74, 6) is 0.350. The van der Waals surface area contributed by atoms with Crippen molar-refractivity contribution in [1.29, 1.82) is 0 Å². The second kappa shape index (κ2) is 6.87. The molecule has 0 spiro atoms. The molecule has 0 amide bonds. The fourth-order valence-electron chi connectivity index (χ4n) is 4.93. The highest BCUT2D eigenvalue weighted by atomic mass is 32.1. The number of phenols is 1. The number of para-hydroxylation sites is 1. The molecule has 6 heteroatoms. The van der Waals surface area contributed by atoms with Crippen LogP contribution in [0.2, 0.25) is 0 Å². The monoisotopic (exact) mass is 439 g/mol. The molecule has 1 atom stereocenters. The van der Waals surface area contributed by atoms with E-state index in [9.17, 15) is 10.2 Å². The smallest absolute Gasteiger partial charge is 0.218 e. The Hall–Kier alpha value is -3.77. The third kappa shape index (κ3) is 2.66. The number of nitrogens with one attached hydrogen (secondary N) is 1. The molecule has 3 aromatic carbocycles. The molecule has 0 aliphatic carbocycles. The van der Waals surface area contributed by atoms with Crippen LogP contribution in [0.5, 0.6) is 11.6 Å². The van der Waals surface area contributed by atoms with Gasteiger partial charge in [0.1, 0.15) is 11.8 Å². The van der Waals surface area contributed by atoms with E-state index < -0.39 is 0 Å². The normalized spacial score (nSPS) is 15.0. The topological polar surface area (TPSA) is 66.1 Å². The van der Waals surface area contributed by atoms with Gasteiger partial charge in [0.2, 0.25) is 5.88 Å². The van der Waals surface area contributed by atoms with Gasteiger partial charge in [0, 0.05) is 23.0 Å². The molecule has 6 rings (SSSR count). The number of imidazole rings is 1. The maximum absolute atomic E-state index is 11.4. The SMILES string of the molecule is Cc1cccc(-n2c(O)c3n(c2=S)C(c2cccc(O)c2)c2[nH]c4ccccc4c2C3)c1. The van der Waals surface area contributed by atoms with Gasteiger partial charge in [-0.25, -0.2) is 0 Å². The lowest BCUT2D eigenvalue weighted by Crippen LogP contribution is -2.21. The first-order valence-electron chi connectivity index (χ1n) is 10.5. The van der Waals surface area contributed by atoms with Crippen molar-refractivity contribution in [3.8, 4) is 17.3 Å². The van der Waals surface area contributed by atoms with Crippen molar-refractivity contribution in [2.45, 2.75) is 19.4 Å². The number of aromatic nitrogens is 3. The van der Waals surface area contributed by atoms with E-state index in [1.165, 1.54) is 0 Å². The van der Waals surface area contributed by atoms with Gasteiger partial charge in [0.15, 0.2) is 4.77 Å². The molecule has 3 N–H and O–H groups in total. The number of aromatic amines is 1. The lowest BCUT2D eigenvalue weighted by Gasteiger charge is -2.26. The molecule has 5 aromatic rings. The van der Waals surface area contributed by atoms with Crippen LogP contribution >= 0.6 is 12.2 Å². The van der Waals surface area contributed by atoms with E-state index in [1.807, 2.05) is 60.0 Å². The molecule has 1 aliphatic heterocycles. The third-order valence-corrected chi connectivity index (χ3v) is 6.71. The van der Waals surface area contributed by atoms with E-state index in [1.54, 1.807) is 16.7 Å². The first-order valence-corrected chi connectivity index (χ1v) is 10.9. The van der Waals surface area contributed by atoms with Gasteiger partial charge in [-0.05, 0) is 66.2 Å². The number of hydrogen-bond donors (Lipinski definition) is 3. The predicted molar refractivity (Wildman–Crippen MR) is 127 cm³/mol. The highest BCUT2D eigenvalue weighted by molar-refractivity contribution is 7.71. The van der Waals surface area contributed by atoms with E-state index in [-0.39, 0.29) is 17.7 Å². The molecule has 0 bridgehead atoms. The van der Waals surface area contributed by atoms with Crippen molar-refractivity contribution in [2.24, 2.45) is 0 Å². The van der Waals surface area contributed by atoms with Crippen LogP contribution in [0.1, 0.15) is 34.1 Å². The maximum atomic E-state index is 11.4. The van der Waals surface area contributed by atoms with E-state index >= 15 is 0 Å². The van der Waals surface area contributed by atoms with E-state index in [0.29, 0.717) is 11.2 Å². The minimum atomic E-state index is -0.294. The van der Waals surface area contributed by atoms with Crippen molar-refractivity contribution in [2.75, 3.05) is 0 Å².